The standard InChI is InChI=1S/C120H120N6/c1-7-13-19-25-31-79-37-49-85(50-38-79)91-61-67-97-103(73-91)104-74-92(86-51-39-80(40-52-86)32-26-20-14-8-2)62-68-98(104)110-109(97)121-115-116(122-110)118-120(126-114-102-72-66-96(90-59-47-84(48-60-90)36-30-24-18-12-6)78-108(102)107-77-95(65-71-101(107)113(114)124-118)89-57-45-83(46-58-89)35-29-23-17-11-5)119-117(115)123-111-99-69-63-93(87-53-41-81(42-54-87)33-27-21-15-9-3)75-105(99)106-76-94(64-70-100(106)112(111)125-119)88-55-43-82(44-56-88)34-28-22-16-10-4/h37-78H,7-36H2,1-6H3. The van der Waals surface area contributed by atoms with Gasteiger partial charge in [0.1, 0.15) is 33.1 Å². The number of hydrogen-bond acceptors (Lipinski definition) is 6. The molecule has 126 heavy (non-hydrogen) atoms. The number of fused-ring (bicyclic) bond motifs is 24. The van der Waals surface area contributed by atoms with Gasteiger partial charge in [0.05, 0.1) is 33.1 Å². The molecule has 0 aliphatic carbocycles. The average Bonchev–Trinajstić information content (AvgIpc) is 0.693. The van der Waals surface area contributed by atoms with E-state index in [1.165, 1.54) is 221 Å². The molecule has 6 heteroatoms. The van der Waals surface area contributed by atoms with Gasteiger partial charge in [-0.3, -0.25) is 0 Å². The lowest BCUT2D eigenvalue weighted by atomic mass is 9.92. The zero-order chi connectivity index (χ0) is 85.4. The van der Waals surface area contributed by atoms with Gasteiger partial charge < -0.3 is 0 Å². The highest BCUT2D eigenvalue weighted by atomic mass is 14.9. The van der Waals surface area contributed by atoms with Crippen molar-refractivity contribution >= 4 is 131 Å². The Hall–Kier alpha value is -12.1. The number of unbranched alkanes of at least 4 members (excludes halogenated alkanes) is 18. The number of benzene rings is 16. The van der Waals surface area contributed by atoms with Crippen molar-refractivity contribution in [3.63, 3.8) is 0 Å². The van der Waals surface area contributed by atoms with E-state index in [0.29, 0.717) is 33.1 Å². The Bertz CT molecular complexity index is 6030. The van der Waals surface area contributed by atoms with Crippen LogP contribution in [0.2, 0.25) is 0 Å². The summed E-state index contributed by atoms with van der Waals surface area (Å²) in [6.07, 6.45) is 36.4. The highest BCUT2D eigenvalue weighted by Crippen LogP contribution is 2.47. The van der Waals surface area contributed by atoms with Crippen LogP contribution in [-0.2, 0) is 38.5 Å². The molecule has 3 heterocycles. The maximum atomic E-state index is 6.13. The number of rotatable bonds is 36. The summed E-state index contributed by atoms with van der Waals surface area (Å²) >= 11 is 0. The van der Waals surface area contributed by atoms with E-state index in [1.807, 2.05) is 0 Å². The largest absolute Gasteiger partial charge is 0.241 e. The fourth-order valence-corrected chi connectivity index (χ4v) is 20.1. The summed E-state index contributed by atoms with van der Waals surface area (Å²) in [6.45, 7) is 13.7. The van der Waals surface area contributed by atoms with Crippen molar-refractivity contribution in [3.8, 4) is 66.8 Å². The quantitative estimate of drug-likeness (QED) is 0.0221. The summed E-state index contributed by atoms with van der Waals surface area (Å²) in [5, 5.41) is 12.9. The lowest BCUT2D eigenvalue weighted by Gasteiger charge is -2.17. The van der Waals surface area contributed by atoms with Crippen molar-refractivity contribution in [3.05, 3.63) is 288 Å². The number of aromatic nitrogens is 6. The van der Waals surface area contributed by atoms with Crippen LogP contribution in [0.1, 0.15) is 229 Å². The monoisotopic (exact) mass is 1640 g/mol. The van der Waals surface area contributed by atoms with Crippen LogP contribution in [0, 0.1) is 0 Å². The predicted molar refractivity (Wildman–Crippen MR) is 543 cm³/mol. The van der Waals surface area contributed by atoms with E-state index in [-0.39, 0.29) is 0 Å². The normalized spacial score (nSPS) is 12.0. The van der Waals surface area contributed by atoms with Gasteiger partial charge in [-0.15, -0.1) is 0 Å². The topological polar surface area (TPSA) is 77.3 Å². The second-order valence-electron chi connectivity index (χ2n) is 36.5. The number of nitrogens with zero attached hydrogens (tertiary/aromatic N) is 6. The third-order valence-corrected chi connectivity index (χ3v) is 27.5. The summed E-state index contributed by atoms with van der Waals surface area (Å²) in [7, 11) is 0. The van der Waals surface area contributed by atoms with Gasteiger partial charge in [-0.05, 0) is 246 Å². The molecule has 0 radical (unpaired) electrons. The van der Waals surface area contributed by atoms with Crippen LogP contribution in [-0.4, -0.2) is 29.9 Å². The van der Waals surface area contributed by atoms with Crippen LogP contribution >= 0.6 is 0 Å². The molecule has 16 aromatic carbocycles. The molecule has 19 aromatic rings. The van der Waals surface area contributed by atoms with Crippen molar-refractivity contribution < 1.29 is 0 Å². The molecule has 3 aromatic heterocycles. The minimum Gasteiger partial charge on any atom is -0.241 e. The van der Waals surface area contributed by atoms with Gasteiger partial charge in [-0.1, -0.05) is 376 Å². The Kier molecular flexibility index (Phi) is 25.4. The summed E-state index contributed by atoms with van der Waals surface area (Å²) in [5.41, 5.74) is 31.1. The molecule has 0 bridgehead atoms. The summed E-state index contributed by atoms with van der Waals surface area (Å²) in [5.74, 6) is 0. The first-order valence-electron chi connectivity index (χ1n) is 48.4. The van der Waals surface area contributed by atoms with E-state index in [2.05, 4.69) is 296 Å². The molecule has 0 unspecified atom stereocenters. The maximum absolute atomic E-state index is 6.13. The van der Waals surface area contributed by atoms with Crippen molar-refractivity contribution in [2.75, 3.05) is 0 Å². The second kappa shape index (κ2) is 38.4. The fraction of sp³-hybridized carbons (Fsp3) is 0.300. The molecule has 0 aliphatic heterocycles. The molecule has 0 atom stereocenters. The second-order valence-corrected chi connectivity index (χ2v) is 36.5. The van der Waals surface area contributed by atoms with Crippen LogP contribution in [0.3, 0.4) is 0 Å². The molecule has 0 spiro atoms. The van der Waals surface area contributed by atoms with Crippen LogP contribution in [0.25, 0.3) is 198 Å². The van der Waals surface area contributed by atoms with E-state index >= 15 is 0 Å². The molecule has 0 aliphatic rings. The zero-order valence-corrected chi connectivity index (χ0v) is 75.1. The van der Waals surface area contributed by atoms with Crippen molar-refractivity contribution in [2.45, 2.75) is 234 Å². The third kappa shape index (κ3) is 17.3. The Morgan fingerprint density at radius 3 is 0.397 bits per heavy atom. The first-order valence-corrected chi connectivity index (χ1v) is 48.4. The lowest BCUT2D eigenvalue weighted by Crippen LogP contribution is -2.01. The Balaban J connectivity index is 0.877. The van der Waals surface area contributed by atoms with Crippen molar-refractivity contribution in [1.82, 2.24) is 29.9 Å². The highest BCUT2D eigenvalue weighted by molar-refractivity contribution is 6.32. The van der Waals surface area contributed by atoms with Crippen LogP contribution in [0.4, 0.5) is 0 Å². The van der Waals surface area contributed by atoms with Gasteiger partial charge in [-0.25, -0.2) is 29.9 Å². The number of hydrogen-bond donors (Lipinski definition) is 0. The first kappa shape index (κ1) is 83.4. The van der Waals surface area contributed by atoms with E-state index < -0.39 is 0 Å². The molecule has 630 valence electrons. The Morgan fingerprint density at radius 2 is 0.262 bits per heavy atom. The lowest BCUT2D eigenvalue weighted by molar-refractivity contribution is 0.667. The van der Waals surface area contributed by atoms with E-state index in [9.17, 15) is 0 Å². The smallest absolute Gasteiger partial charge is 0.120 e. The summed E-state index contributed by atoms with van der Waals surface area (Å²) < 4.78 is 0. The third-order valence-electron chi connectivity index (χ3n) is 27.5. The molecule has 0 amide bonds. The van der Waals surface area contributed by atoms with E-state index in [4.69, 9.17) is 29.9 Å². The molecule has 6 nitrogen and oxygen atoms in total. The zero-order valence-electron chi connectivity index (χ0n) is 75.1. The molecule has 0 saturated heterocycles. The van der Waals surface area contributed by atoms with Gasteiger partial charge in [0.2, 0.25) is 0 Å². The van der Waals surface area contributed by atoms with E-state index in [0.717, 1.165) is 170 Å². The van der Waals surface area contributed by atoms with Crippen LogP contribution in [0.5, 0.6) is 0 Å². The average molecular weight is 1650 g/mol. The molecular weight excluding hydrogens is 1530 g/mol. The van der Waals surface area contributed by atoms with Crippen molar-refractivity contribution in [1.29, 1.82) is 0 Å². The Morgan fingerprint density at radius 1 is 0.127 bits per heavy atom. The van der Waals surface area contributed by atoms with Gasteiger partial charge in [-0.2, -0.15) is 0 Å². The minimum absolute atomic E-state index is 0.639. The molecule has 19 rings (SSSR count). The Labute approximate surface area is 744 Å². The molecule has 0 fully saturated rings. The highest BCUT2D eigenvalue weighted by Gasteiger charge is 2.26. The van der Waals surface area contributed by atoms with Crippen molar-refractivity contribution in [2.24, 2.45) is 0 Å². The molecule has 0 saturated carbocycles. The van der Waals surface area contributed by atoms with Gasteiger partial charge in [0.15, 0.2) is 0 Å². The van der Waals surface area contributed by atoms with Gasteiger partial charge in [0, 0.05) is 32.3 Å². The number of aryl methyl sites for hydroxylation is 6. The van der Waals surface area contributed by atoms with Crippen LogP contribution < -0.4 is 0 Å². The maximum Gasteiger partial charge on any atom is 0.120 e. The van der Waals surface area contributed by atoms with Gasteiger partial charge >= 0.3 is 0 Å². The van der Waals surface area contributed by atoms with Gasteiger partial charge in [0.25, 0.3) is 0 Å². The first-order chi connectivity index (χ1) is 62.2. The summed E-state index contributed by atoms with van der Waals surface area (Å²) in [6, 6.07) is 98.2. The minimum atomic E-state index is 0.639. The predicted octanol–water partition coefficient (Wildman–Crippen LogP) is 34.6. The van der Waals surface area contributed by atoms with E-state index in [1.54, 1.807) is 0 Å². The molecule has 0 N–H and O–H groups in total. The van der Waals surface area contributed by atoms with Crippen LogP contribution in [0.15, 0.2) is 255 Å². The summed E-state index contributed by atoms with van der Waals surface area (Å²) in [4.78, 5) is 36.8. The SMILES string of the molecule is CCCCCCc1ccc(-c2ccc3c(c2)c2cc(-c4ccc(CCCCCC)cc4)ccc2c2nc4c(nc32)c2nc3c5ccc(-c6ccc(CCCCCC)cc6)cc5c5cc(-c6ccc(CCCCCC)cc6)ccc5c3nc2c2nc3c5ccc(-c6ccc(CCCCCC)cc6)cc5c5cc(-c6ccc(CCCCCC)cc6)ccc5c3nc42)cc1. The fourth-order valence-electron chi connectivity index (χ4n) is 20.1. The molecular formula is C120H120N6.